The number of hydrogen-bond donors (Lipinski definition) is 1. The van der Waals surface area contributed by atoms with Gasteiger partial charge in [0.1, 0.15) is 29.3 Å². The molecule has 5 nitrogen and oxygen atoms in total. The van der Waals surface area contributed by atoms with Crippen molar-refractivity contribution in [3.8, 4) is 11.8 Å². The topological polar surface area (TPSA) is 81.2 Å². The second kappa shape index (κ2) is 3.75. The van der Waals surface area contributed by atoms with E-state index < -0.39 is 0 Å². The summed E-state index contributed by atoms with van der Waals surface area (Å²) in [6.07, 6.45) is 2.42. The van der Waals surface area contributed by atoms with E-state index in [4.69, 9.17) is 20.5 Å². The predicted octanol–water partition coefficient (Wildman–Crippen LogP) is 0.702. The number of pyridine rings is 1. The van der Waals surface area contributed by atoms with Crippen LogP contribution in [0.2, 0.25) is 0 Å². The fourth-order valence-electron chi connectivity index (χ4n) is 1.32. The summed E-state index contributed by atoms with van der Waals surface area (Å²) in [7, 11) is 1.64. The standard InChI is InChI=1S/C10H11N3O2/c1-14-8-2-9(8)15-7-3-10(12)13-5-6(7)4-11/h3,5,8-9H,2H2,1H3,(H2,12,13). The highest BCUT2D eigenvalue weighted by atomic mass is 16.6. The van der Waals surface area contributed by atoms with Crippen LogP contribution in [0.15, 0.2) is 12.3 Å². The van der Waals surface area contributed by atoms with Crippen LogP contribution < -0.4 is 10.5 Å². The highest BCUT2D eigenvalue weighted by molar-refractivity contribution is 5.48. The Bertz CT molecular complexity index is 414. The van der Waals surface area contributed by atoms with Gasteiger partial charge in [-0.2, -0.15) is 5.26 Å². The largest absolute Gasteiger partial charge is 0.486 e. The fourth-order valence-corrected chi connectivity index (χ4v) is 1.32. The zero-order valence-corrected chi connectivity index (χ0v) is 8.30. The van der Waals surface area contributed by atoms with Crippen LogP contribution in [0.1, 0.15) is 12.0 Å². The number of nitrogen functional groups attached to an aromatic ring is 1. The van der Waals surface area contributed by atoms with Crippen molar-refractivity contribution in [1.82, 2.24) is 4.98 Å². The fraction of sp³-hybridized carbons (Fsp3) is 0.400. The van der Waals surface area contributed by atoms with Crippen molar-refractivity contribution >= 4 is 5.82 Å². The van der Waals surface area contributed by atoms with Gasteiger partial charge in [-0.05, 0) is 0 Å². The van der Waals surface area contributed by atoms with Crippen molar-refractivity contribution in [1.29, 1.82) is 5.26 Å². The quantitative estimate of drug-likeness (QED) is 0.785. The van der Waals surface area contributed by atoms with Crippen molar-refractivity contribution in [3.63, 3.8) is 0 Å². The first-order chi connectivity index (χ1) is 7.24. The maximum absolute atomic E-state index is 8.82. The van der Waals surface area contributed by atoms with E-state index in [0.717, 1.165) is 6.42 Å². The Labute approximate surface area is 87.4 Å². The summed E-state index contributed by atoms with van der Waals surface area (Å²) in [5, 5.41) is 8.82. The van der Waals surface area contributed by atoms with Crippen molar-refractivity contribution in [2.45, 2.75) is 18.6 Å². The van der Waals surface area contributed by atoms with Crippen LogP contribution in [0, 0.1) is 11.3 Å². The summed E-state index contributed by atoms with van der Waals surface area (Å²) >= 11 is 0. The van der Waals surface area contributed by atoms with Crippen molar-refractivity contribution in [3.05, 3.63) is 17.8 Å². The zero-order valence-electron chi connectivity index (χ0n) is 8.30. The second-order valence-corrected chi connectivity index (χ2v) is 3.38. The van der Waals surface area contributed by atoms with Gasteiger partial charge in [0.25, 0.3) is 0 Å². The minimum Gasteiger partial charge on any atom is -0.486 e. The molecule has 2 rings (SSSR count). The Kier molecular flexibility index (Phi) is 2.44. The first-order valence-electron chi connectivity index (χ1n) is 4.59. The lowest BCUT2D eigenvalue weighted by molar-refractivity contribution is 0.137. The number of anilines is 1. The van der Waals surface area contributed by atoms with E-state index in [9.17, 15) is 0 Å². The molecule has 2 atom stereocenters. The minimum atomic E-state index is 0.0314. The van der Waals surface area contributed by atoms with Crippen molar-refractivity contribution in [2.75, 3.05) is 12.8 Å². The molecule has 1 aliphatic carbocycles. The molecule has 1 saturated carbocycles. The van der Waals surface area contributed by atoms with E-state index >= 15 is 0 Å². The van der Waals surface area contributed by atoms with Crippen LogP contribution in [0.25, 0.3) is 0 Å². The molecule has 1 aliphatic rings. The normalized spacial score (nSPS) is 23.2. The molecule has 0 spiro atoms. The average molecular weight is 205 g/mol. The van der Waals surface area contributed by atoms with Crippen LogP contribution in [0.5, 0.6) is 5.75 Å². The van der Waals surface area contributed by atoms with Gasteiger partial charge in [-0.25, -0.2) is 4.98 Å². The average Bonchev–Trinajstić information content (AvgIpc) is 2.97. The number of nitrogens with zero attached hydrogens (tertiary/aromatic N) is 2. The molecule has 5 heteroatoms. The Morgan fingerprint density at radius 1 is 1.60 bits per heavy atom. The first kappa shape index (κ1) is 9.74. The summed E-state index contributed by atoms with van der Waals surface area (Å²) in [6, 6.07) is 3.56. The van der Waals surface area contributed by atoms with Crippen LogP contribution >= 0.6 is 0 Å². The third-order valence-electron chi connectivity index (χ3n) is 2.26. The maximum Gasteiger partial charge on any atom is 0.142 e. The Balaban J connectivity index is 2.14. The van der Waals surface area contributed by atoms with E-state index in [-0.39, 0.29) is 12.2 Å². The minimum absolute atomic E-state index is 0.0314. The number of nitriles is 1. The molecule has 0 aliphatic heterocycles. The summed E-state index contributed by atoms with van der Waals surface area (Å²) in [5.74, 6) is 0.827. The lowest BCUT2D eigenvalue weighted by Gasteiger charge is -2.07. The maximum atomic E-state index is 8.82. The van der Waals surface area contributed by atoms with Crippen LogP contribution in [0.4, 0.5) is 5.82 Å². The van der Waals surface area contributed by atoms with E-state index in [1.807, 2.05) is 6.07 Å². The lowest BCUT2D eigenvalue weighted by Crippen LogP contribution is -2.06. The van der Waals surface area contributed by atoms with Gasteiger partial charge < -0.3 is 15.2 Å². The molecule has 2 N–H and O–H groups in total. The Hall–Kier alpha value is -1.80. The lowest BCUT2D eigenvalue weighted by atomic mass is 10.3. The van der Waals surface area contributed by atoms with Crippen LogP contribution in [-0.2, 0) is 4.74 Å². The molecule has 0 saturated heterocycles. The second-order valence-electron chi connectivity index (χ2n) is 3.38. The van der Waals surface area contributed by atoms with Crippen LogP contribution in [0.3, 0.4) is 0 Å². The summed E-state index contributed by atoms with van der Waals surface area (Å²) in [4.78, 5) is 3.82. The van der Waals surface area contributed by atoms with Gasteiger partial charge in [0, 0.05) is 19.6 Å². The molecule has 2 unspecified atom stereocenters. The number of ether oxygens (including phenoxy) is 2. The van der Waals surface area contributed by atoms with E-state index in [1.54, 1.807) is 13.2 Å². The Morgan fingerprint density at radius 3 is 3.00 bits per heavy atom. The van der Waals surface area contributed by atoms with Gasteiger partial charge in [-0.3, -0.25) is 0 Å². The molecule has 0 bridgehead atoms. The monoisotopic (exact) mass is 205 g/mol. The highest BCUT2D eigenvalue weighted by Crippen LogP contribution is 2.32. The third kappa shape index (κ3) is 2.00. The molecule has 0 radical (unpaired) electrons. The number of aromatic nitrogens is 1. The van der Waals surface area contributed by atoms with E-state index in [0.29, 0.717) is 17.1 Å². The zero-order chi connectivity index (χ0) is 10.8. The summed E-state index contributed by atoms with van der Waals surface area (Å²) in [6.45, 7) is 0. The molecule has 1 fully saturated rings. The smallest absolute Gasteiger partial charge is 0.142 e. The molecular weight excluding hydrogens is 194 g/mol. The van der Waals surface area contributed by atoms with Gasteiger partial charge in [0.2, 0.25) is 0 Å². The van der Waals surface area contributed by atoms with Crippen molar-refractivity contribution < 1.29 is 9.47 Å². The third-order valence-corrected chi connectivity index (χ3v) is 2.26. The molecule has 1 aromatic rings. The van der Waals surface area contributed by atoms with Gasteiger partial charge in [0.15, 0.2) is 0 Å². The highest BCUT2D eigenvalue weighted by Gasteiger charge is 2.40. The SMILES string of the molecule is COC1CC1Oc1cc(N)ncc1C#N. The molecule has 0 amide bonds. The van der Waals surface area contributed by atoms with Gasteiger partial charge in [-0.1, -0.05) is 0 Å². The molecule has 1 aromatic heterocycles. The molecule has 78 valence electrons. The van der Waals surface area contributed by atoms with Crippen molar-refractivity contribution in [2.24, 2.45) is 0 Å². The Morgan fingerprint density at radius 2 is 2.40 bits per heavy atom. The van der Waals surface area contributed by atoms with E-state index in [2.05, 4.69) is 4.98 Å². The molecule has 0 aromatic carbocycles. The summed E-state index contributed by atoms with van der Waals surface area (Å²) in [5.41, 5.74) is 5.91. The first-order valence-corrected chi connectivity index (χ1v) is 4.59. The molecule has 1 heterocycles. The number of methoxy groups -OCH3 is 1. The molecule has 15 heavy (non-hydrogen) atoms. The summed E-state index contributed by atoms with van der Waals surface area (Å²) < 4.78 is 10.7. The van der Waals surface area contributed by atoms with Gasteiger partial charge >= 0.3 is 0 Å². The number of rotatable bonds is 3. The van der Waals surface area contributed by atoms with Gasteiger partial charge in [0.05, 0.1) is 12.3 Å². The number of hydrogen-bond acceptors (Lipinski definition) is 5. The van der Waals surface area contributed by atoms with Crippen LogP contribution in [-0.4, -0.2) is 24.3 Å². The molecular formula is C10H11N3O2. The number of nitrogens with two attached hydrogens (primary N) is 1. The van der Waals surface area contributed by atoms with Gasteiger partial charge in [-0.15, -0.1) is 0 Å². The van der Waals surface area contributed by atoms with E-state index in [1.165, 1.54) is 6.20 Å². The predicted molar refractivity (Wildman–Crippen MR) is 53.2 cm³/mol.